The highest BCUT2D eigenvalue weighted by Crippen LogP contribution is 2.23. The smallest absolute Gasteiger partial charge is 0.253 e. The van der Waals surface area contributed by atoms with E-state index in [-0.39, 0.29) is 12.0 Å². The molecule has 0 saturated carbocycles. The fourth-order valence-electron chi connectivity index (χ4n) is 3.16. The van der Waals surface area contributed by atoms with Gasteiger partial charge in [0.2, 0.25) is 0 Å². The third-order valence-electron chi connectivity index (χ3n) is 4.50. The van der Waals surface area contributed by atoms with Crippen LogP contribution in [0.15, 0.2) is 18.2 Å². The summed E-state index contributed by atoms with van der Waals surface area (Å²) in [6.45, 7) is 9.67. The molecule has 0 unspecified atom stereocenters. The van der Waals surface area contributed by atoms with Gasteiger partial charge in [0, 0.05) is 45.0 Å². The van der Waals surface area contributed by atoms with Crippen LogP contribution in [0.2, 0.25) is 0 Å². The van der Waals surface area contributed by atoms with Gasteiger partial charge >= 0.3 is 0 Å². The van der Waals surface area contributed by atoms with Gasteiger partial charge in [-0.05, 0) is 31.0 Å². The zero-order valence-corrected chi connectivity index (χ0v) is 13.5. The van der Waals surface area contributed by atoms with Crippen LogP contribution in [0.1, 0.15) is 11.1 Å². The Labute approximate surface area is 132 Å². The van der Waals surface area contributed by atoms with E-state index < -0.39 is 0 Å². The number of morpholine rings is 1. The Kier molecular flexibility index (Phi) is 4.64. The lowest BCUT2D eigenvalue weighted by atomic mass is 10.1. The highest BCUT2D eigenvalue weighted by molar-refractivity contribution is 5.81. The minimum atomic E-state index is -0.305. The molecule has 1 aromatic rings. The molecule has 1 aromatic carbocycles. The number of amides is 1. The van der Waals surface area contributed by atoms with Crippen molar-refractivity contribution in [2.75, 3.05) is 50.8 Å². The predicted octanol–water partition coefficient (Wildman–Crippen LogP) is 0.940. The first-order valence-corrected chi connectivity index (χ1v) is 8.08. The molecule has 120 valence electrons. The Morgan fingerprint density at radius 3 is 2.68 bits per heavy atom. The molecule has 2 aliphatic rings. The lowest BCUT2D eigenvalue weighted by Gasteiger charge is -2.38. The molecule has 5 nitrogen and oxygen atoms in total. The molecular weight excluding hydrogens is 278 g/mol. The highest BCUT2D eigenvalue weighted by atomic mass is 16.5. The van der Waals surface area contributed by atoms with Crippen LogP contribution >= 0.6 is 0 Å². The number of carbonyl (C=O) groups is 1. The maximum atomic E-state index is 12.5. The number of nitrogens with zero attached hydrogens (tertiary/aromatic N) is 2. The Morgan fingerprint density at radius 1 is 1.23 bits per heavy atom. The zero-order valence-electron chi connectivity index (χ0n) is 13.5. The first kappa shape index (κ1) is 15.3. The number of rotatable bonds is 2. The number of benzene rings is 1. The minimum Gasteiger partial charge on any atom is -0.368 e. The first-order chi connectivity index (χ1) is 10.6. The van der Waals surface area contributed by atoms with Crippen molar-refractivity contribution in [1.82, 2.24) is 10.2 Å². The molecule has 3 rings (SSSR count). The predicted molar refractivity (Wildman–Crippen MR) is 87.3 cm³/mol. The van der Waals surface area contributed by atoms with Crippen LogP contribution in [-0.2, 0) is 9.53 Å². The van der Waals surface area contributed by atoms with Crippen molar-refractivity contribution in [3.8, 4) is 0 Å². The Morgan fingerprint density at radius 2 is 2.00 bits per heavy atom. The largest absolute Gasteiger partial charge is 0.368 e. The van der Waals surface area contributed by atoms with E-state index in [0.717, 1.165) is 32.7 Å². The summed E-state index contributed by atoms with van der Waals surface area (Å²) < 4.78 is 5.57. The van der Waals surface area contributed by atoms with Crippen molar-refractivity contribution in [3.05, 3.63) is 29.3 Å². The summed E-state index contributed by atoms with van der Waals surface area (Å²) in [7, 11) is 0. The molecule has 1 amide bonds. The molecule has 22 heavy (non-hydrogen) atoms. The van der Waals surface area contributed by atoms with Crippen LogP contribution < -0.4 is 10.2 Å². The molecule has 0 bridgehead atoms. The van der Waals surface area contributed by atoms with Gasteiger partial charge in [0.15, 0.2) is 0 Å². The third-order valence-corrected chi connectivity index (χ3v) is 4.50. The van der Waals surface area contributed by atoms with Crippen LogP contribution in [-0.4, -0.2) is 62.8 Å². The number of carbonyl (C=O) groups excluding carboxylic acids is 1. The molecule has 0 aromatic heterocycles. The van der Waals surface area contributed by atoms with Gasteiger partial charge in [0.1, 0.15) is 6.10 Å². The van der Waals surface area contributed by atoms with Gasteiger partial charge in [-0.15, -0.1) is 0 Å². The zero-order chi connectivity index (χ0) is 15.5. The van der Waals surface area contributed by atoms with Crippen molar-refractivity contribution in [1.29, 1.82) is 0 Å². The van der Waals surface area contributed by atoms with Gasteiger partial charge in [-0.3, -0.25) is 4.79 Å². The highest BCUT2D eigenvalue weighted by Gasteiger charge is 2.29. The average molecular weight is 303 g/mol. The summed E-state index contributed by atoms with van der Waals surface area (Å²) >= 11 is 0. The number of anilines is 1. The summed E-state index contributed by atoms with van der Waals surface area (Å²) in [6, 6.07) is 6.55. The van der Waals surface area contributed by atoms with Gasteiger partial charge < -0.3 is 19.9 Å². The van der Waals surface area contributed by atoms with Crippen LogP contribution in [0.3, 0.4) is 0 Å². The number of ether oxygens (including phenoxy) is 1. The fourth-order valence-corrected chi connectivity index (χ4v) is 3.16. The van der Waals surface area contributed by atoms with Crippen LogP contribution in [0, 0.1) is 13.8 Å². The van der Waals surface area contributed by atoms with E-state index in [1.807, 2.05) is 4.90 Å². The van der Waals surface area contributed by atoms with Crippen molar-refractivity contribution in [2.24, 2.45) is 0 Å². The quantitative estimate of drug-likeness (QED) is 0.883. The maximum absolute atomic E-state index is 12.5. The number of hydrogen-bond donors (Lipinski definition) is 1. The van der Waals surface area contributed by atoms with Gasteiger partial charge in [0.25, 0.3) is 5.91 Å². The number of aryl methyl sites for hydroxylation is 2. The second-order valence-electron chi connectivity index (χ2n) is 6.17. The Bertz CT molecular complexity index is 533. The lowest BCUT2D eigenvalue weighted by Crippen LogP contribution is -2.55. The summed E-state index contributed by atoms with van der Waals surface area (Å²) in [4.78, 5) is 16.8. The van der Waals surface area contributed by atoms with Crippen LogP contribution in [0.4, 0.5) is 5.69 Å². The lowest BCUT2D eigenvalue weighted by molar-refractivity contribution is -0.145. The summed E-state index contributed by atoms with van der Waals surface area (Å²) in [5, 5.41) is 3.22. The van der Waals surface area contributed by atoms with Crippen LogP contribution in [0.5, 0.6) is 0 Å². The second-order valence-corrected chi connectivity index (χ2v) is 6.17. The summed E-state index contributed by atoms with van der Waals surface area (Å²) in [5.41, 5.74) is 3.87. The Hall–Kier alpha value is -1.59. The van der Waals surface area contributed by atoms with Crippen molar-refractivity contribution in [3.63, 3.8) is 0 Å². The molecule has 2 aliphatic heterocycles. The second kappa shape index (κ2) is 6.67. The van der Waals surface area contributed by atoms with Gasteiger partial charge in [0.05, 0.1) is 6.61 Å². The van der Waals surface area contributed by atoms with E-state index in [9.17, 15) is 4.79 Å². The van der Waals surface area contributed by atoms with E-state index in [4.69, 9.17) is 4.74 Å². The normalized spacial score (nSPS) is 22.7. The molecule has 2 fully saturated rings. The van der Waals surface area contributed by atoms with E-state index in [1.165, 1.54) is 16.8 Å². The van der Waals surface area contributed by atoms with Crippen LogP contribution in [0.25, 0.3) is 0 Å². The standard InChI is InChI=1S/C17H25N3O2/c1-13-3-4-14(2)15(11-13)19-6-8-20(9-7-19)17(21)16-12-18-5-10-22-16/h3-4,11,16,18H,5-10,12H2,1-2H3/t16-/m1/s1. The Balaban J connectivity index is 1.60. The molecule has 1 atom stereocenters. The number of nitrogens with one attached hydrogen (secondary N) is 1. The maximum Gasteiger partial charge on any atom is 0.253 e. The first-order valence-electron chi connectivity index (χ1n) is 8.08. The monoisotopic (exact) mass is 303 g/mol. The fraction of sp³-hybridized carbons (Fsp3) is 0.588. The minimum absolute atomic E-state index is 0.132. The number of hydrogen-bond acceptors (Lipinski definition) is 4. The summed E-state index contributed by atoms with van der Waals surface area (Å²) in [6.07, 6.45) is -0.305. The molecule has 0 aliphatic carbocycles. The molecule has 2 saturated heterocycles. The van der Waals surface area contributed by atoms with Crippen molar-refractivity contribution >= 4 is 11.6 Å². The van der Waals surface area contributed by atoms with E-state index in [0.29, 0.717) is 13.2 Å². The summed E-state index contributed by atoms with van der Waals surface area (Å²) in [5.74, 6) is 0.132. The topological polar surface area (TPSA) is 44.8 Å². The molecular formula is C17H25N3O2. The molecule has 2 heterocycles. The van der Waals surface area contributed by atoms with Gasteiger partial charge in [-0.25, -0.2) is 0 Å². The van der Waals surface area contributed by atoms with E-state index in [2.05, 4.69) is 42.3 Å². The van der Waals surface area contributed by atoms with Crippen molar-refractivity contribution in [2.45, 2.75) is 20.0 Å². The van der Waals surface area contributed by atoms with Gasteiger partial charge in [-0.1, -0.05) is 12.1 Å². The molecule has 0 radical (unpaired) electrons. The molecule has 1 N–H and O–H groups in total. The van der Waals surface area contributed by atoms with Gasteiger partial charge in [-0.2, -0.15) is 0 Å². The SMILES string of the molecule is Cc1ccc(C)c(N2CCN(C(=O)[C@H]3CNCCO3)CC2)c1. The third kappa shape index (κ3) is 3.25. The average Bonchev–Trinajstić information content (AvgIpc) is 2.57. The van der Waals surface area contributed by atoms with E-state index in [1.54, 1.807) is 0 Å². The molecule has 5 heteroatoms. The molecule has 0 spiro atoms. The van der Waals surface area contributed by atoms with E-state index >= 15 is 0 Å². The number of piperazine rings is 1. The van der Waals surface area contributed by atoms with Crippen molar-refractivity contribution < 1.29 is 9.53 Å².